The van der Waals surface area contributed by atoms with Crippen LogP contribution in [-0.2, 0) is 14.4 Å². The predicted molar refractivity (Wildman–Crippen MR) is 101 cm³/mol. The Kier molecular flexibility index (Phi) is 3.72. The zero-order valence-corrected chi connectivity index (χ0v) is 16.1. The van der Waals surface area contributed by atoms with Gasteiger partial charge in [0.2, 0.25) is 17.7 Å². The SMILES string of the molecule is C[C@H](C(=O)Nc1ccc(Cl)c(Cl)c1)N1C(=O)[C@@H]2[C@H]3C=C[C@@H]([C@@H]4C[C@H]34)[C@H]2C1=O. The maximum atomic E-state index is 13.1. The lowest BCUT2D eigenvalue weighted by atomic mass is 9.63. The molecule has 4 aliphatic carbocycles. The predicted octanol–water partition coefficient (Wildman–Crippen LogP) is 3.37. The number of carbonyl (C=O) groups excluding carboxylic acids is 3. The second kappa shape index (κ2) is 5.82. The Morgan fingerprint density at radius 3 is 2.22 bits per heavy atom. The standard InChI is InChI=1S/C20H18Cl2N2O3/c1-8(18(25)23-9-2-5-14(21)15(22)6-9)24-19(26)16-10-3-4-11(13-7-12(10)13)17(16)20(24)27/h2-6,8,10-13,16-17H,7H2,1H3,(H,23,25)/t8-,10+,11+,12-,13+,16-,17-/m1/s1. The molecule has 1 aromatic rings. The van der Waals surface area contributed by atoms with Crippen LogP contribution in [-0.4, -0.2) is 28.7 Å². The van der Waals surface area contributed by atoms with Crippen molar-refractivity contribution in [2.24, 2.45) is 35.5 Å². The van der Waals surface area contributed by atoms with Gasteiger partial charge in [-0.3, -0.25) is 19.3 Å². The third-order valence-corrected chi connectivity index (χ3v) is 7.39. The molecule has 6 rings (SSSR count). The lowest BCUT2D eigenvalue weighted by Crippen LogP contribution is -2.46. The van der Waals surface area contributed by atoms with Crippen LogP contribution in [0.2, 0.25) is 10.0 Å². The molecule has 2 bridgehead atoms. The first-order valence-electron chi connectivity index (χ1n) is 9.19. The van der Waals surface area contributed by atoms with Gasteiger partial charge in [-0.05, 0) is 55.2 Å². The molecule has 7 atom stereocenters. The molecule has 3 amide bonds. The molecule has 1 aliphatic heterocycles. The number of hydrogen-bond acceptors (Lipinski definition) is 3. The second-order valence-electron chi connectivity index (χ2n) is 8.00. The number of amides is 3. The summed E-state index contributed by atoms with van der Waals surface area (Å²) in [4.78, 5) is 40.0. The third-order valence-electron chi connectivity index (χ3n) is 6.65. The second-order valence-corrected chi connectivity index (χ2v) is 8.81. The third kappa shape index (κ3) is 2.41. The molecule has 3 fully saturated rings. The number of halogens is 2. The highest BCUT2D eigenvalue weighted by Crippen LogP contribution is 2.65. The van der Waals surface area contributed by atoms with Gasteiger partial charge in [-0.2, -0.15) is 0 Å². The van der Waals surface area contributed by atoms with E-state index in [1.54, 1.807) is 25.1 Å². The van der Waals surface area contributed by atoms with E-state index in [0.717, 1.165) is 6.42 Å². The van der Waals surface area contributed by atoms with Crippen LogP contribution in [0.15, 0.2) is 30.4 Å². The van der Waals surface area contributed by atoms with E-state index in [2.05, 4.69) is 17.5 Å². The maximum absolute atomic E-state index is 13.1. The molecule has 7 heteroatoms. The smallest absolute Gasteiger partial charge is 0.247 e. The lowest BCUT2D eigenvalue weighted by Gasteiger charge is -2.37. The quantitative estimate of drug-likeness (QED) is 0.620. The molecule has 0 radical (unpaired) electrons. The first-order valence-corrected chi connectivity index (χ1v) is 9.95. The number of benzene rings is 1. The van der Waals surface area contributed by atoms with Crippen molar-refractivity contribution in [3.05, 3.63) is 40.4 Å². The van der Waals surface area contributed by atoms with Gasteiger partial charge < -0.3 is 5.32 Å². The minimum atomic E-state index is -0.874. The van der Waals surface area contributed by atoms with Crippen LogP contribution in [0.3, 0.4) is 0 Å². The van der Waals surface area contributed by atoms with Gasteiger partial charge in [0, 0.05) is 5.69 Å². The number of rotatable bonds is 3. The van der Waals surface area contributed by atoms with E-state index in [1.807, 2.05) is 0 Å². The summed E-state index contributed by atoms with van der Waals surface area (Å²) < 4.78 is 0. The first kappa shape index (κ1) is 17.3. The zero-order chi connectivity index (χ0) is 19.0. The van der Waals surface area contributed by atoms with Gasteiger partial charge in [-0.1, -0.05) is 35.4 Å². The molecular weight excluding hydrogens is 387 g/mol. The Hall–Kier alpha value is -1.85. The molecule has 5 aliphatic rings. The fourth-order valence-corrected chi connectivity index (χ4v) is 5.60. The van der Waals surface area contributed by atoms with Crippen LogP contribution in [0.5, 0.6) is 0 Å². The summed E-state index contributed by atoms with van der Waals surface area (Å²) in [5.74, 6) is -0.0321. The highest BCUT2D eigenvalue weighted by Gasteiger charge is 2.67. The van der Waals surface area contributed by atoms with E-state index < -0.39 is 11.9 Å². The summed E-state index contributed by atoms with van der Waals surface area (Å²) in [5.41, 5.74) is 0.473. The Morgan fingerprint density at radius 2 is 1.67 bits per heavy atom. The minimum absolute atomic E-state index is 0.150. The Labute approximate surface area is 166 Å². The molecule has 140 valence electrons. The average Bonchev–Trinajstić information content (AvgIpc) is 3.42. The summed E-state index contributed by atoms with van der Waals surface area (Å²) in [7, 11) is 0. The average molecular weight is 405 g/mol. The van der Waals surface area contributed by atoms with Crippen LogP contribution in [0, 0.1) is 35.5 Å². The van der Waals surface area contributed by atoms with Gasteiger partial charge in [0.25, 0.3) is 0 Å². The van der Waals surface area contributed by atoms with Gasteiger partial charge >= 0.3 is 0 Å². The molecule has 1 aromatic carbocycles. The maximum Gasteiger partial charge on any atom is 0.247 e. The number of hydrogen-bond donors (Lipinski definition) is 1. The summed E-state index contributed by atoms with van der Waals surface area (Å²) in [6.07, 6.45) is 5.35. The normalized spacial score (nSPS) is 36.5. The van der Waals surface area contributed by atoms with Crippen LogP contribution < -0.4 is 5.32 Å². The number of imide groups is 1. The van der Waals surface area contributed by atoms with Crippen molar-refractivity contribution in [3.63, 3.8) is 0 Å². The molecule has 0 aromatic heterocycles. The molecule has 1 N–H and O–H groups in total. The fourth-order valence-electron chi connectivity index (χ4n) is 5.30. The van der Waals surface area contributed by atoms with E-state index in [0.29, 0.717) is 27.6 Å². The van der Waals surface area contributed by atoms with Gasteiger partial charge in [-0.15, -0.1) is 0 Å². The van der Waals surface area contributed by atoms with E-state index in [1.165, 1.54) is 4.90 Å². The molecule has 5 nitrogen and oxygen atoms in total. The highest BCUT2D eigenvalue weighted by atomic mass is 35.5. The van der Waals surface area contributed by atoms with Crippen molar-refractivity contribution in [3.8, 4) is 0 Å². The van der Waals surface area contributed by atoms with Crippen molar-refractivity contribution in [1.29, 1.82) is 0 Å². The minimum Gasteiger partial charge on any atom is -0.324 e. The van der Waals surface area contributed by atoms with Crippen molar-refractivity contribution in [1.82, 2.24) is 4.90 Å². The monoisotopic (exact) mass is 404 g/mol. The first-order chi connectivity index (χ1) is 12.9. The largest absolute Gasteiger partial charge is 0.324 e. The van der Waals surface area contributed by atoms with E-state index in [9.17, 15) is 14.4 Å². The number of nitrogens with one attached hydrogen (secondary N) is 1. The summed E-state index contributed by atoms with van der Waals surface area (Å²) in [6, 6.07) is 3.88. The van der Waals surface area contributed by atoms with Crippen molar-refractivity contribution < 1.29 is 14.4 Å². The van der Waals surface area contributed by atoms with Crippen LogP contribution in [0.4, 0.5) is 5.69 Å². The zero-order valence-electron chi connectivity index (χ0n) is 14.6. The molecule has 0 spiro atoms. The van der Waals surface area contributed by atoms with E-state index in [-0.39, 0.29) is 35.5 Å². The van der Waals surface area contributed by atoms with Crippen molar-refractivity contribution in [2.45, 2.75) is 19.4 Å². The number of carbonyl (C=O) groups is 3. The van der Waals surface area contributed by atoms with Gasteiger partial charge in [-0.25, -0.2) is 0 Å². The summed E-state index contributed by atoms with van der Waals surface area (Å²) in [5, 5.41) is 3.43. The number of likely N-dealkylation sites (tertiary alicyclic amines) is 1. The van der Waals surface area contributed by atoms with Crippen molar-refractivity contribution >= 4 is 46.6 Å². The van der Waals surface area contributed by atoms with Crippen LogP contribution >= 0.6 is 23.2 Å². The molecule has 27 heavy (non-hydrogen) atoms. The van der Waals surface area contributed by atoms with E-state index >= 15 is 0 Å². The molecular formula is C20H18Cl2N2O3. The number of allylic oxidation sites excluding steroid dienone is 2. The fraction of sp³-hybridized carbons (Fsp3) is 0.450. The Bertz CT molecular complexity index is 878. The molecule has 0 unspecified atom stereocenters. The lowest BCUT2D eigenvalue weighted by molar-refractivity contribution is -0.146. The molecule has 1 heterocycles. The van der Waals surface area contributed by atoms with Crippen LogP contribution in [0.1, 0.15) is 13.3 Å². The Morgan fingerprint density at radius 1 is 1.07 bits per heavy atom. The van der Waals surface area contributed by atoms with Crippen molar-refractivity contribution in [2.75, 3.05) is 5.32 Å². The molecule has 1 saturated heterocycles. The Balaban J connectivity index is 1.37. The van der Waals surface area contributed by atoms with Gasteiger partial charge in [0.1, 0.15) is 6.04 Å². The van der Waals surface area contributed by atoms with Gasteiger partial charge in [0.05, 0.1) is 21.9 Å². The highest BCUT2D eigenvalue weighted by molar-refractivity contribution is 6.42. The summed E-state index contributed by atoms with van der Waals surface area (Å²) in [6.45, 7) is 1.59. The topological polar surface area (TPSA) is 66.5 Å². The van der Waals surface area contributed by atoms with E-state index in [4.69, 9.17) is 23.2 Å². The van der Waals surface area contributed by atoms with Crippen LogP contribution in [0.25, 0.3) is 0 Å². The molecule has 2 saturated carbocycles. The number of nitrogens with zero attached hydrogens (tertiary/aromatic N) is 1. The summed E-state index contributed by atoms with van der Waals surface area (Å²) >= 11 is 11.9. The van der Waals surface area contributed by atoms with Gasteiger partial charge in [0.15, 0.2) is 0 Å². The number of anilines is 1.